The van der Waals surface area contributed by atoms with Crippen LogP contribution in [0.4, 0.5) is 0 Å². The Hall–Kier alpha value is -1.02. The molecular weight excluding hydrogens is 327 g/mol. The van der Waals surface area contributed by atoms with Gasteiger partial charge in [0, 0.05) is 11.6 Å². The fourth-order valence-corrected chi connectivity index (χ4v) is 2.25. The van der Waals surface area contributed by atoms with Crippen molar-refractivity contribution in [3.05, 3.63) is 28.2 Å². The van der Waals surface area contributed by atoms with Gasteiger partial charge in [0.05, 0.1) is 10.8 Å². The van der Waals surface area contributed by atoms with Gasteiger partial charge in [-0.3, -0.25) is 4.79 Å². The third-order valence-electron chi connectivity index (χ3n) is 2.26. The number of nitrogens with one attached hydrogen (secondary N) is 2. The minimum atomic E-state index is -3.34. The number of carbonyl (C=O) groups excluding carboxylic acids is 1. The second-order valence-corrected chi connectivity index (χ2v) is 6.63. The van der Waals surface area contributed by atoms with Crippen LogP contribution in [0.3, 0.4) is 0 Å². The van der Waals surface area contributed by atoms with Gasteiger partial charge in [0.25, 0.3) is 5.91 Å². The first-order chi connectivity index (χ1) is 9.34. The fourth-order valence-electron chi connectivity index (χ4n) is 1.21. The van der Waals surface area contributed by atoms with Gasteiger partial charge in [0.15, 0.2) is 6.61 Å². The highest BCUT2D eigenvalue weighted by atomic mass is 35.5. The molecule has 0 heterocycles. The molecule has 2 N–H and O–H groups in total. The standard InChI is InChI=1S/C11H14Cl2N2O4S/c1-14-20(17,18)5-4-15-11(16)7-19-10-3-2-8(12)6-9(10)13/h2-3,6,14H,4-5,7H2,1H3,(H,15,16). The number of sulfonamides is 1. The summed E-state index contributed by atoms with van der Waals surface area (Å²) in [7, 11) is -2.03. The Morgan fingerprint density at radius 1 is 1.35 bits per heavy atom. The molecule has 0 aromatic heterocycles. The predicted molar refractivity (Wildman–Crippen MR) is 77.8 cm³/mol. The van der Waals surface area contributed by atoms with E-state index in [2.05, 4.69) is 10.0 Å². The summed E-state index contributed by atoms with van der Waals surface area (Å²) in [5.74, 6) is -0.312. The molecule has 0 saturated heterocycles. The summed E-state index contributed by atoms with van der Waals surface area (Å²) in [6.45, 7) is -0.263. The summed E-state index contributed by atoms with van der Waals surface area (Å²) < 4.78 is 29.6. The maximum absolute atomic E-state index is 11.4. The highest BCUT2D eigenvalue weighted by Crippen LogP contribution is 2.27. The first-order valence-corrected chi connectivity index (χ1v) is 8.00. The molecule has 0 radical (unpaired) electrons. The van der Waals surface area contributed by atoms with Crippen molar-refractivity contribution >= 4 is 39.1 Å². The van der Waals surface area contributed by atoms with E-state index in [-0.39, 0.29) is 18.9 Å². The number of benzene rings is 1. The summed E-state index contributed by atoms with van der Waals surface area (Å²) >= 11 is 11.6. The van der Waals surface area contributed by atoms with Crippen LogP contribution in [-0.4, -0.2) is 40.3 Å². The Morgan fingerprint density at radius 3 is 2.65 bits per heavy atom. The lowest BCUT2D eigenvalue weighted by Gasteiger charge is -2.09. The quantitative estimate of drug-likeness (QED) is 0.776. The van der Waals surface area contributed by atoms with Crippen molar-refractivity contribution in [3.8, 4) is 5.75 Å². The number of ether oxygens (including phenoxy) is 1. The molecule has 20 heavy (non-hydrogen) atoms. The second kappa shape index (κ2) is 7.68. The average molecular weight is 341 g/mol. The number of carbonyl (C=O) groups is 1. The molecule has 1 aromatic carbocycles. The zero-order valence-corrected chi connectivity index (χ0v) is 13.0. The van der Waals surface area contributed by atoms with E-state index in [1.54, 1.807) is 12.1 Å². The van der Waals surface area contributed by atoms with Gasteiger partial charge >= 0.3 is 0 Å². The molecule has 0 fully saturated rings. The van der Waals surface area contributed by atoms with Gasteiger partial charge in [0.2, 0.25) is 10.0 Å². The molecule has 0 bridgehead atoms. The van der Waals surface area contributed by atoms with Crippen molar-refractivity contribution in [2.45, 2.75) is 0 Å². The molecule has 112 valence electrons. The van der Waals surface area contributed by atoms with Crippen molar-refractivity contribution < 1.29 is 17.9 Å². The van der Waals surface area contributed by atoms with Crippen molar-refractivity contribution in [2.24, 2.45) is 0 Å². The summed E-state index contributed by atoms with van der Waals surface area (Å²) in [6, 6.07) is 4.62. The molecule has 0 saturated carbocycles. The van der Waals surface area contributed by atoms with E-state index < -0.39 is 15.9 Å². The fraction of sp³-hybridized carbons (Fsp3) is 0.364. The van der Waals surface area contributed by atoms with Crippen LogP contribution in [0.1, 0.15) is 0 Å². The largest absolute Gasteiger partial charge is 0.482 e. The van der Waals surface area contributed by atoms with Gasteiger partial charge in [-0.15, -0.1) is 0 Å². The van der Waals surface area contributed by atoms with Gasteiger partial charge in [-0.25, -0.2) is 13.1 Å². The molecule has 0 unspecified atom stereocenters. The van der Waals surface area contributed by atoms with Crippen LogP contribution >= 0.6 is 23.2 Å². The van der Waals surface area contributed by atoms with E-state index in [1.165, 1.54) is 13.1 Å². The summed E-state index contributed by atoms with van der Waals surface area (Å²) in [6.07, 6.45) is 0. The van der Waals surface area contributed by atoms with Crippen LogP contribution < -0.4 is 14.8 Å². The molecule has 6 nitrogen and oxygen atoms in total. The second-order valence-electron chi connectivity index (χ2n) is 3.74. The Kier molecular flexibility index (Phi) is 6.54. The minimum absolute atomic E-state index is 0.000281. The van der Waals surface area contributed by atoms with Crippen molar-refractivity contribution in [2.75, 3.05) is 26.0 Å². The van der Waals surface area contributed by atoms with Crippen LogP contribution in [-0.2, 0) is 14.8 Å². The third-order valence-corrected chi connectivity index (χ3v) is 4.15. The molecule has 1 rings (SSSR count). The SMILES string of the molecule is CNS(=O)(=O)CCNC(=O)COc1ccc(Cl)cc1Cl. The topological polar surface area (TPSA) is 84.5 Å². The average Bonchev–Trinajstić information content (AvgIpc) is 2.37. The Bertz CT molecular complexity index is 578. The van der Waals surface area contributed by atoms with E-state index in [0.717, 1.165) is 0 Å². The van der Waals surface area contributed by atoms with Gasteiger partial charge in [-0.05, 0) is 25.2 Å². The molecule has 0 spiro atoms. The molecule has 1 aromatic rings. The smallest absolute Gasteiger partial charge is 0.257 e. The maximum Gasteiger partial charge on any atom is 0.257 e. The number of halogens is 2. The van der Waals surface area contributed by atoms with E-state index in [4.69, 9.17) is 27.9 Å². The zero-order chi connectivity index (χ0) is 15.2. The molecule has 0 aliphatic heterocycles. The van der Waals surface area contributed by atoms with Crippen LogP contribution in [0.25, 0.3) is 0 Å². The molecule has 0 aliphatic carbocycles. The third kappa shape index (κ3) is 5.96. The van der Waals surface area contributed by atoms with Crippen molar-refractivity contribution in [3.63, 3.8) is 0 Å². The Labute approximate surface area is 127 Å². The normalized spacial score (nSPS) is 11.2. The monoisotopic (exact) mass is 340 g/mol. The number of hydrogen-bond acceptors (Lipinski definition) is 4. The summed E-state index contributed by atoms with van der Waals surface area (Å²) in [5, 5.41) is 3.18. The van der Waals surface area contributed by atoms with Crippen molar-refractivity contribution in [1.82, 2.24) is 10.0 Å². The van der Waals surface area contributed by atoms with E-state index in [0.29, 0.717) is 15.8 Å². The highest BCUT2D eigenvalue weighted by Gasteiger charge is 2.09. The van der Waals surface area contributed by atoms with E-state index in [9.17, 15) is 13.2 Å². The molecular formula is C11H14Cl2N2O4S. The first-order valence-electron chi connectivity index (χ1n) is 5.60. The lowest BCUT2D eigenvalue weighted by atomic mass is 10.3. The minimum Gasteiger partial charge on any atom is -0.482 e. The van der Waals surface area contributed by atoms with E-state index in [1.807, 2.05) is 0 Å². The van der Waals surface area contributed by atoms with Crippen LogP contribution in [0.15, 0.2) is 18.2 Å². The van der Waals surface area contributed by atoms with Crippen LogP contribution in [0.2, 0.25) is 10.0 Å². The first kappa shape index (κ1) is 17.0. The summed E-state index contributed by atoms with van der Waals surface area (Å²) in [5.41, 5.74) is 0. The number of amides is 1. The molecule has 0 aliphatic rings. The van der Waals surface area contributed by atoms with Crippen molar-refractivity contribution in [1.29, 1.82) is 0 Å². The predicted octanol–water partition coefficient (Wildman–Crippen LogP) is 1.04. The summed E-state index contributed by atoms with van der Waals surface area (Å²) in [4.78, 5) is 11.4. The lowest BCUT2D eigenvalue weighted by molar-refractivity contribution is -0.122. The Morgan fingerprint density at radius 2 is 2.05 bits per heavy atom. The molecule has 1 amide bonds. The van der Waals surface area contributed by atoms with Gasteiger partial charge in [0.1, 0.15) is 5.75 Å². The molecule has 9 heteroatoms. The van der Waals surface area contributed by atoms with Gasteiger partial charge < -0.3 is 10.1 Å². The zero-order valence-electron chi connectivity index (χ0n) is 10.7. The lowest BCUT2D eigenvalue weighted by Crippen LogP contribution is -2.35. The number of hydrogen-bond donors (Lipinski definition) is 2. The van der Waals surface area contributed by atoms with Gasteiger partial charge in [-0.2, -0.15) is 0 Å². The number of rotatable bonds is 7. The van der Waals surface area contributed by atoms with Crippen LogP contribution in [0, 0.1) is 0 Å². The van der Waals surface area contributed by atoms with E-state index >= 15 is 0 Å². The highest BCUT2D eigenvalue weighted by molar-refractivity contribution is 7.89. The maximum atomic E-state index is 11.4. The van der Waals surface area contributed by atoms with Gasteiger partial charge in [-0.1, -0.05) is 23.2 Å². The van der Waals surface area contributed by atoms with Crippen LogP contribution in [0.5, 0.6) is 5.75 Å². The molecule has 0 atom stereocenters. The Balaban J connectivity index is 2.37.